The van der Waals surface area contributed by atoms with Gasteiger partial charge in [0.1, 0.15) is 12.4 Å². The Morgan fingerprint density at radius 2 is 2.05 bits per heavy atom. The second-order valence-electron chi connectivity index (χ2n) is 4.36. The zero-order valence-electron chi connectivity index (χ0n) is 11.0. The number of Topliss-reactive ketones (excluding diaryl/α,β-unsaturated/α-hetero) is 1. The number of ether oxygens (including phenoxy) is 1. The zero-order valence-corrected chi connectivity index (χ0v) is 11.8. The van der Waals surface area contributed by atoms with Crippen molar-refractivity contribution in [1.82, 2.24) is 0 Å². The Kier molecular flexibility index (Phi) is 4.53. The van der Waals surface area contributed by atoms with E-state index in [2.05, 4.69) is 0 Å². The number of carbonyl (C=O) groups excluding carboxylic acids is 1. The summed E-state index contributed by atoms with van der Waals surface area (Å²) in [4.78, 5) is 11.7. The van der Waals surface area contributed by atoms with Gasteiger partial charge in [0.2, 0.25) is 5.78 Å². The van der Waals surface area contributed by atoms with Crippen LogP contribution in [0.15, 0.2) is 42.5 Å². The minimum Gasteiger partial charge on any atom is -0.489 e. The summed E-state index contributed by atoms with van der Waals surface area (Å²) in [5.74, 6) is 0.408. The van der Waals surface area contributed by atoms with E-state index in [9.17, 15) is 4.79 Å². The van der Waals surface area contributed by atoms with Crippen molar-refractivity contribution in [2.75, 3.05) is 0 Å². The van der Waals surface area contributed by atoms with Crippen LogP contribution in [-0.2, 0) is 6.61 Å². The molecule has 102 valence electrons. The summed E-state index contributed by atoms with van der Waals surface area (Å²) in [6, 6.07) is 12.6. The number of halogens is 1. The average molecular weight is 288 g/mol. The van der Waals surface area contributed by atoms with Gasteiger partial charge in [-0.05, 0) is 36.8 Å². The average Bonchev–Trinajstić information content (AvgIpc) is 2.46. The van der Waals surface area contributed by atoms with Crippen molar-refractivity contribution in [3.05, 3.63) is 64.2 Å². The predicted molar refractivity (Wildman–Crippen MR) is 80.1 cm³/mol. The van der Waals surface area contributed by atoms with E-state index < -0.39 is 0 Å². The second-order valence-corrected chi connectivity index (χ2v) is 4.80. The first-order chi connectivity index (χ1) is 9.61. The molecule has 0 aliphatic rings. The number of ketones is 1. The predicted octanol–water partition coefficient (Wildman–Crippen LogP) is 4.06. The fourth-order valence-electron chi connectivity index (χ4n) is 1.87. The highest BCUT2D eigenvalue weighted by atomic mass is 35.5. The first-order valence-corrected chi connectivity index (χ1v) is 6.51. The highest BCUT2D eigenvalue weighted by Gasteiger charge is 2.11. The molecule has 0 fully saturated rings. The maximum absolute atomic E-state index is 11.7. The highest BCUT2D eigenvalue weighted by molar-refractivity contribution is 6.35. The molecule has 20 heavy (non-hydrogen) atoms. The number of hydrogen-bond acceptors (Lipinski definition) is 3. The normalized spacial score (nSPS) is 10.1. The van der Waals surface area contributed by atoms with Crippen molar-refractivity contribution in [2.45, 2.75) is 13.5 Å². The van der Waals surface area contributed by atoms with Gasteiger partial charge in [0.25, 0.3) is 0 Å². The monoisotopic (exact) mass is 287 g/mol. The maximum atomic E-state index is 11.7. The van der Waals surface area contributed by atoms with Crippen molar-refractivity contribution in [1.29, 1.82) is 5.41 Å². The fourth-order valence-corrected chi connectivity index (χ4v) is 2.07. The van der Waals surface area contributed by atoms with Crippen LogP contribution in [0.3, 0.4) is 0 Å². The molecule has 0 saturated heterocycles. The minimum absolute atomic E-state index is 0.236. The molecule has 4 heteroatoms. The first-order valence-electron chi connectivity index (χ1n) is 6.13. The van der Waals surface area contributed by atoms with Crippen molar-refractivity contribution in [3.63, 3.8) is 0 Å². The molecular formula is C16H14ClNO2. The summed E-state index contributed by atoms with van der Waals surface area (Å²) in [7, 11) is 0. The van der Waals surface area contributed by atoms with Crippen LogP contribution >= 0.6 is 11.6 Å². The van der Waals surface area contributed by atoms with Gasteiger partial charge in [-0.25, -0.2) is 0 Å². The molecule has 3 nitrogen and oxygen atoms in total. The Hall–Kier alpha value is -2.13. The lowest BCUT2D eigenvalue weighted by Gasteiger charge is -2.11. The molecule has 2 aromatic carbocycles. The molecule has 0 saturated carbocycles. The van der Waals surface area contributed by atoms with Gasteiger partial charge in [-0.1, -0.05) is 29.8 Å². The van der Waals surface area contributed by atoms with Crippen LogP contribution < -0.4 is 4.74 Å². The van der Waals surface area contributed by atoms with Gasteiger partial charge in [-0.15, -0.1) is 0 Å². The summed E-state index contributed by atoms with van der Waals surface area (Å²) in [6.07, 6.45) is 0.792. The van der Waals surface area contributed by atoms with Crippen LogP contribution in [0.5, 0.6) is 5.75 Å². The van der Waals surface area contributed by atoms with E-state index in [0.717, 1.165) is 17.5 Å². The molecule has 0 heterocycles. The summed E-state index contributed by atoms with van der Waals surface area (Å²) in [6.45, 7) is 2.19. The van der Waals surface area contributed by atoms with Crippen LogP contribution in [-0.4, -0.2) is 12.0 Å². The van der Waals surface area contributed by atoms with Crippen LogP contribution in [0.2, 0.25) is 5.02 Å². The third-order valence-electron chi connectivity index (χ3n) is 2.94. The van der Waals surface area contributed by atoms with Crippen molar-refractivity contribution < 1.29 is 9.53 Å². The topological polar surface area (TPSA) is 50.2 Å². The van der Waals surface area contributed by atoms with Crippen LogP contribution in [0.25, 0.3) is 0 Å². The minimum atomic E-state index is -0.356. The summed E-state index contributed by atoms with van der Waals surface area (Å²) in [5.41, 5.74) is 2.14. The van der Waals surface area contributed by atoms with E-state index in [4.69, 9.17) is 21.7 Å². The number of nitrogens with one attached hydrogen (secondary N) is 1. The molecular weight excluding hydrogens is 274 g/mol. The number of benzene rings is 2. The third kappa shape index (κ3) is 3.25. The molecule has 0 amide bonds. The Labute approximate surface area is 122 Å². The van der Waals surface area contributed by atoms with Gasteiger partial charge < -0.3 is 10.1 Å². The van der Waals surface area contributed by atoms with Crippen LogP contribution in [0.4, 0.5) is 0 Å². The van der Waals surface area contributed by atoms with Crippen molar-refractivity contribution in [3.8, 4) is 5.75 Å². The Morgan fingerprint density at radius 1 is 1.30 bits per heavy atom. The first kappa shape index (κ1) is 14.3. The number of aryl methyl sites for hydroxylation is 1. The zero-order chi connectivity index (χ0) is 14.5. The Bertz CT molecular complexity index is 653. The number of para-hydroxylation sites is 1. The molecule has 1 N–H and O–H groups in total. The molecule has 2 aromatic rings. The Balaban J connectivity index is 2.25. The molecule has 0 atom stereocenters. The summed E-state index contributed by atoms with van der Waals surface area (Å²) < 4.78 is 5.73. The van der Waals surface area contributed by atoms with Gasteiger partial charge in [0, 0.05) is 16.1 Å². The largest absolute Gasteiger partial charge is 0.489 e. The number of hydrogen-bond donors (Lipinski definition) is 1. The molecule has 0 radical (unpaired) electrons. The molecule has 0 aliphatic carbocycles. The maximum Gasteiger partial charge on any atom is 0.203 e. The molecule has 0 aromatic heterocycles. The van der Waals surface area contributed by atoms with Gasteiger partial charge in [0.15, 0.2) is 0 Å². The quantitative estimate of drug-likeness (QED) is 0.666. The standard InChI is InChI=1S/C16H14ClNO2/c1-11-4-2-3-5-16(11)20-10-12-8-13(17)6-7-14(12)15(19)9-18/h2-9,18H,10H2,1H3. The lowest BCUT2D eigenvalue weighted by molar-refractivity contribution is 0.106. The second kappa shape index (κ2) is 6.35. The van der Waals surface area contributed by atoms with Gasteiger partial charge in [0.05, 0.1) is 6.21 Å². The summed E-state index contributed by atoms with van der Waals surface area (Å²) in [5, 5.41) is 7.62. The van der Waals surface area contributed by atoms with E-state index >= 15 is 0 Å². The molecule has 0 aliphatic heterocycles. The van der Waals surface area contributed by atoms with E-state index in [1.807, 2.05) is 31.2 Å². The number of carbonyl (C=O) groups is 1. The van der Waals surface area contributed by atoms with E-state index in [-0.39, 0.29) is 12.4 Å². The molecule has 0 bridgehead atoms. The lowest BCUT2D eigenvalue weighted by Crippen LogP contribution is -2.07. The van der Waals surface area contributed by atoms with E-state index in [0.29, 0.717) is 16.1 Å². The van der Waals surface area contributed by atoms with Gasteiger partial charge in [-0.2, -0.15) is 0 Å². The SMILES string of the molecule is Cc1ccccc1OCc1cc(Cl)ccc1C(=O)C=N. The van der Waals surface area contributed by atoms with Crippen LogP contribution in [0, 0.1) is 12.3 Å². The van der Waals surface area contributed by atoms with E-state index in [1.165, 1.54) is 0 Å². The van der Waals surface area contributed by atoms with Gasteiger partial charge in [-0.3, -0.25) is 4.79 Å². The smallest absolute Gasteiger partial charge is 0.203 e. The van der Waals surface area contributed by atoms with Crippen LogP contribution in [0.1, 0.15) is 21.5 Å². The number of rotatable bonds is 5. The van der Waals surface area contributed by atoms with Crippen molar-refractivity contribution >= 4 is 23.6 Å². The molecule has 0 unspecified atom stereocenters. The fraction of sp³-hybridized carbons (Fsp3) is 0.125. The molecule has 0 spiro atoms. The summed E-state index contributed by atoms with van der Waals surface area (Å²) >= 11 is 5.95. The lowest BCUT2D eigenvalue weighted by atomic mass is 10.0. The van der Waals surface area contributed by atoms with E-state index in [1.54, 1.807) is 18.2 Å². The third-order valence-corrected chi connectivity index (χ3v) is 3.18. The molecule has 2 rings (SSSR count). The highest BCUT2D eigenvalue weighted by Crippen LogP contribution is 2.21. The van der Waals surface area contributed by atoms with Gasteiger partial charge >= 0.3 is 0 Å². The Morgan fingerprint density at radius 3 is 2.75 bits per heavy atom. The van der Waals surface area contributed by atoms with Crippen molar-refractivity contribution in [2.24, 2.45) is 0 Å².